The zero-order valence-electron chi connectivity index (χ0n) is 11.2. The fourth-order valence-corrected chi connectivity index (χ4v) is 2.25. The van der Waals surface area contributed by atoms with Gasteiger partial charge in [-0.1, -0.05) is 0 Å². The van der Waals surface area contributed by atoms with Crippen LogP contribution in [0.2, 0.25) is 0 Å². The van der Waals surface area contributed by atoms with E-state index in [9.17, 15) is 9.59 Å². The molecule has 2 aliphatic rings. The molecular formula is C14H18N4O2. The van der Waals surface area contributed by atoms with Gasteiger partial charge in [-0.2, -0.15) is 0 Å². The average Bonchev–Trinajstić information content (AvgIpc) is 3.16. The molecular weight excluding hydrogens is 256 g/mol. The standard InChI is InChI=1S/C14H18N4O2/c19-13(9-3-4-9)18-12-6-5-10(8-16-12)17-14(20)11-2-1-7-15-11/h5-6,8-9,11,15H,1-4,7H2,(H,17,20)(H,16,18,19). The van der Waals surface area contributed by atoms with E-state index >= 15 is 0 Å². The molecule has 1 unspecified atom stereocenters. The predicted octanol–water partition coefficient (Wildman–Crippen LogP) is 1.12. The third kappa shape index (κ3) is 3.14. The maximum atomic E-state index is 11.9. The lowest BCUT2D eigenvalue weighted by Crippen LogP contribution is -2.35. The Balaban J connectivity index is 1.55. The second kappa shape index (κ2) is 5.58. The van der Waals surface area contributed by atoms with Gasteiger partial charge in [-0.15, -0.1) is 0 Å². The van der Waals surface area contributed by atoms with Gasteiger partial charge in [0.05, 0.1) is 17.9 Å². The molecule has 1 aromatic heterocycles. The zero-order valence-corrected chi connectivity index (χ0v) is 11.2. The largest absolute Gasteiger partial charge is 0.323 e. The first kappa shape index (κ1) is 13.1. The highest BCUT2D eigenvalue weighted by Crippen LogP contribution is 2.29. The number of nitrogens with zero attached hydrogens (tertiary/aromatic N) is 1. The summed E-state index contributed by atoms with van der Waals surface area (Å²) in [7, 11) is 0. The third-order valence-electron chi connectivity index (χ3n) is 3.61. The van der Waals surface area contributed by atoms with E-state index in [2.05, 4.69) is 20.9 Å². The van der Waals surface area contributed by atoms with Gasteiger partial charge in [0.25, 0.3) is 0 Å². The van der Waals surface area contributed by atoms with E-state index < -0.39 is 0 Å². The number of carbonyl (C=O) groups is 2. The van der Waals surface area contributed by atoms with E-state index in [1.54, 1.807) is 18.3 Å². The first-order chi connectivity index (χ1) is 9.72. The molecule has 0 bridgehead atoms. The molecule has 2 amide bonds. The summed E-state index contributed by atoms with van der Waals surface area (Å²) in [6, 6.07) is 3.35. The molecule has 106 valence electrons. The molecule has 3 N–H and O–H groups in total. The molecule has 6 heteroatoms. The Morgan fingerprint density at radius 2 is 2.00 bits per heavy atom. The highest BCUT2D eigenvalue weighted by Gasteiger charge is 2.29. The Morgan fingerprint density at radius 1 is 1.15 bits per heavy atom. The van der Waals surface area contributed by atoms with Crippen LogP contribution in [0.1, 0.15) is 25.7 Å². The highest BCUT2D eigenvalue weighted by atomic mass is 16.2. The van der Waals surface area contributed by atoms with Gasteiger partial charge < -0.3 is 16.0 Å². The molecule has 1 aromatic rings. The molecule has 2 fully saturated rings. The lowest BCUT2D eigenvalue weighted by molar-refractivity contribution is -0.118. The number of hydrogen-bond acceptors (Lipinski definition) is 4. The summed E-state index contributed by atoms with van der Waals surface area (Å²) < 4.78 is 0. The Hall–Kier alpha value is -1.95. The topological polar surface area (TPSA) is 83.1 Å². The fraction of sp³-hybridized carbons (Fsp3) is 0.500. The van der Waals surface area contributed by atoms with E-state index in [0.717, 1.165) is 32.2 Å². The summed E-state index contributed by atoms with van der Waals surface area (Å²) in [4.78, 5) is 27.6. The van der Waals surface area contributed by atoms with Crippen molar-refractivity contribution in [2.45, 2.75) is 31.7 Å². The Morgan fingerprint density at radius 3 is 2.60 bits per heavy atom. The summed E-state index contributed by atoms with van der Waals surface area (Å²) in [5, 5.41) is 8.73. The maximum Gasteiger partial charge on any atom is 0.241 e. The molecule has 0 aromatic carbocycles. The molecule has 1 saturated carbocycles. The predicted molar refractivity (Wildman–Crippen MR) is 75.2 cm³/mol. The van der Waals surface area contributed by atoms with Crippen molar-refractivity contribution in [2.24, 2.45) is 5.92 Å². The summed E-state index contributed by atoms with van der Waals surface area (Å²) >= 11 is 0. The van der Waals surface area contributed by atoms with Gasteiger partial charge in [-0.05, 0) is 44.4 Å². The van der Waals surface area contributed by atoms with Gasteiger partial charge in [0.15, 0.2) is 0 Å². The molecule has 1 atom stereocenters. The Bertz CT molecular complexity index is 504. The number of anilines is 2. The molecule has 1 aliphatic heterocycles. The number of amides is 2. The molecule has 1 saturated heterocycles. The van der Waals surface area contributed by atoms with Gasteiger partial charge >= 0.3 is 0 Å². The third-order valence-corrected chi connectivity index (χ3v) is 3.61. The van der Waals surface area contributed by atoms with Gasteiger partial charge in [0.2, 0.25) is 11.8 Å². The van der Waals surface area contributed by atoms with Gasteiger partial charge in [0, 0.05) is 5.92 Å². The highest BCUT2D eigenvalue weighted by molar-refractivity contribution is 5.95. The minimum absolute atomic E-state index is 0.0286. The van der Waals surface area contributed by atoms with Crippen molar-refractivity contribution < 1.29 is 9.59 Å². The first-order valence-electron chi connectivity index (χ1n) is 7.03. The quantitative estimate of drug-likeness (QED) is 0.768. The molecule has 6 nitrogen and oxygen atoms in total. The second-order valence-electron chi connectivity index (χ2n) is 5.33. The van der Waals surface area contributed by atoms with Crippen LogP contribution >= 0.6 is 0 Å². The number of pyridine rings is 1. The van der Waals surface area contributed by atoms with Crippen molar-refractivity contribution in [1.29, 1.82) is 0 Å². The molecule has 1 aliphatic carbocycles. The van der Waals surface area contributed by atoms with Crippen molar-refractivity contribution in [3.05, 3.63) is 18.3 Å². The van der Waals surface area contributed by atoms with Crippen LogP contribution in [0.3, 0.4) is 0 Å². The van der Waals surface area contributed by atoms with Crippen molar-refractivity contribution in [2.75, 3.05) is 17.2 Å². The van der Waals surface area contributed by atoms with Crippen LogP contribution in [0.15, 0.2) is 18.3 Å². The first-order valence-corrected chi connectivity index (χ1v) is 7.03. The number of carbonyl (C=O) groups excluding carboxylic acids is 2. The van der Waals surface area contributed by atoms with E-state index in [1.165, 1.54) is 0 Å². The summed E-state index contributed by atoms with van der Waals surface area (Å²) in [5.74, 6) is 0.687. The van der Waals surface area contributed by atoms with Crippen molar-refractivity contribution in [1.82, 2.24) is 10.3 Å². The minimum Gasteiger partial charge on any atom is -0.323 e. The molecule has 0 radical (unpaired) electrons. The smallest absolute Gasteiger partial charge is 0.241 e. The summed E-state index contributed by atoms with van der Waals surface area (Å²) in [5.41, 5.74) is 0.646. The number of hydrogen-bond donors (Lipinski definition) is 3. The van der Waals surface area contributed by atoms with Gasteiger partial charge in [0.1, 0.15) is 5.82 Å². The van der Waals surface area contributed by atoms with Crippen molar-refractivity contribution in [3.8, 4) is 0 Å². The number of nitrogens with one attached hydrogen (secondary N) is 3. The van der Waals surface area contributed by atoms with Crippen LogP contribution in [0, 0.1) is 5.92 Å². The SMILES string of the molecule is O=C(Nc1ccc(NC(=O)C2CCCN2)cn1)C1CC1. The van der Waals surface area contributed by atoms with Gasteiger partial charge in [-0.3, -0.25) is 9.59 Å². The Kier molecular flexibility index (Phi) is 3.64. The normalized spacial score (nSPS) is 21.5. The van der Waals surface area contributed by atoms with E-state index in [0.29, 0.717) is 11.5 Å². The van der Waals surface area contributed by atoms with Crippen LogP contribution in [0.25, 0.3) is 0 Å². The Labute approximate surface area is 117 Å². The van der Waals surface area contributed by atoms with E-state index in [-0.39, 0.29) is 23.8 Å². The fourth-order valence-electron chi connectivity index (χ4n) is 2.25. The lowest BCUT2D eigenvalue weighted by Gasteiger charge is -2.11. The second-order valence-corrected chi connectivity index (χ2v) is 5.33. The molecule has 2 heterocycles. The van der Waals surface area contributed by atoms with E-state index in [1.807, 2.05) is 0 Å². The molecule has 3 rings (SSSR count). The maximum absolute atomic E-state index is 11.9. The van der Waals surface area contributed by atoms with Crippen molar-refractivity contribution in [3.63, 3.8) is 0 Å². The number of rotatable bonds is 4. The number of aromatic nitrogens is 1. The van der Waals surface area contributed by atoms with Crippen molar-refractivity contribution >= 4 is 23.3 Å². The monoisotopic (exact) mass is 274 g/mol. The van der Waals surface area contributed by atoms with Crippen LogP contribution in [0.4, 0.5) is 11.5 Å². The zero-order chi connectivity index (χ0) is 13.9. The van der Waals surface area contributed by atoms with E-state index in [4.69, 9.17) is 0 Å². The van der Waals surface area contributed by atoms with Crippen LogP contribution in [-0.4, -0.2) is 29.4 Å². The average molecular weight is 274 g/mol. The summed E-state index contributed by atoms with van der Waals surface area (Å²) in [6.07, 6.45) is 5.40. The van der Waals surface area contributed by atoms with Gasteiger partial charge in [-0.25, -0.2) is 4.98 Å². The molecule has 20 heavy (non-hydrogen) atoms. The summed E-state index contributed by atoms with van der Waals surface area (Å²) in [6.45, 7) is 0.891. The van der Waals surface area contributed by atoms with Crippen LogP contribution in [0.5, 0.6) is 0 Å². The minimum atomic E-state index is -0.107. The van der Waals surface area contributed by atoms with Crippen LogP contribution in [-0.2, 0) is 9.59 Å². The lowest BCUT2D eigenvalue weighted by atomic mass is 10.2. The molecule has 0 spiro atoms. The van der Waals surface area contributed by atoms with Crippen LogP contribution < -0.4 is 16.0 Å².